The van der Waals surface area contributed by atoms with Crippen LogP contribution >= 0.6 is 11.3 Å². The minimum Gasteiger partial charge on any atom is -0.486 e. The zero-order chi connectivity index (χ0) is 24.9. The molecule has 0 spiro atoms. The third kappa shape index (κ3) is 5.76. The predicted octanol–water partition coefficient (Wildman–Crippen LogP) is 5.92. The standard InChI is InChI=1S/C28H30N6OS/c1-18-13-22(35-21-8-4-3-5-9-21)14-19(2)26(18)24-15-20(7-6-10-23-16-32-28(29)36-23)33-27(34-24)25-17-30-11-12-31-25/h4,8,11-17,21H,3,5-7,9-10H2,1-2H3,(H2,29,32). The second-order valence-corrected chi connectivity index (χ2v) is 10.3. The number of hydrogen-bond donors (Lipinski definition) is 1. The molecule has 3 aromatic heterocycles. The van der Waals surface area contributed by atoms with Crippen LogP contribution in [0.4, 0.5) is 5.13 Å². The number of aryl methyl sites for hydroxylation is 4. The highest BCUT2D eigenvalue weighted by molar-refractivity contribution is 7.15. The molecule has 7 nitrogen and oxygen atoms in total. The molecular formula is C28H30N6OS. The van der Waals surface area contributed by atoms with Crippen LogP contribution in [0.3, 0.4) is 0 Å². The van der Waals surface area contributed by atoms with Crippen LogP contribution in [0.1, 0.15) is 47.4 Å². The quantitative estimate of drug-likeness (QED) is 0.301. The Balaban J connectivity index is 1.45. The van der Waals surface area contributed by atoms with Gasteiger partial charge in [-0.15, -0.1) is 11.3 Å². The average Bonchev–Trinajstić information content (AvgIpc) is 3.29. The molecule has 1 atom stereocenters. The summed E-state index contributed by atoms with van der Waals surface area (Å²) in [5, 5.41) is 0.608. The van der Waals surface area contributed by atoms with Crippen LogP contribution in [0.15, 0.2) is 55.1 Å². The van der Waals surface area contributed by atoms with E-state index in [-0.39, 0.29) is 6.10 Å². The van der Waals surface area contributed by atoms with E-state index in [1.807, 2.05) is 6.20 Å². The first-order chi connectivity index (χ1) is 17.5. The number of thiazole rings is 1. The van der Waals surface area contributed by atoms with E-state index in [9.17, 15) is 0 Å². The zero-order valence-electron chi connectivity index (χ0n) is 20.6. The Bertz CT molecular complexity index is 1340. The van der Waals surface area contributed by atoms with Crippen molar-refractivity contribution in [2.75, 3.05) is 5.73 Å². The van der Waals surface area contributed by atoms with Gasteiger partial charge in [-0.25, -0.2) is 19.9 Å². The molecule has 0 radical (unpaired) electrons. The summed E-state index contributed by atoms with van der Waals surface area (Å²) >= 11 is 1.54. The van der Waals surface area contributed by atoms with E-state index in [2.05, 4.69) is 59.2 Å². The number of anilines is 1. The van der Waals surface area contributed by atoms with Crippen molar-refractivity contribution in [2.24, 2.45) is 0 Å². The van der Waals surface area contributed by atoms with Crippen molar-refractivity contribution in [3.05, 3.63) is 76.8 Å². The van der Waals surface area contributed by atoms with Crippen LogP contribution in [-0.4, -0.2) is 31.0 Å². The molecule has 0 bridgehead atoms. The SMILES string of the molecule is Cc1cc(OC2C=CCCC2)cc(C)c1-c1cc(CCCc2cnc(N)s2)nc(-c2cnccn2)n1. The number of nitrogen functional groups attached to an aromatic ring is 1. The molecule has 3 heterocycles. The molecule has 0 fully saturated rings. The monoisotopic (exact) mass is 498 g/mol. The first-order valence-corrected chi connectivity index (χ1v) is 13.2. The van der Waals surface area contributed by atoms with E-state index in [4.69, 9.17) is 20.4 Å². The Labute approximate surface area is 215 Å². The van der Waals surface area contributed by atoms with Gasteiger partial charge in [0.2, 0.25) is 0 Å². The number of aromatic nitrogens is 5. The first kappa shape index (κ1) is 24.1. The third-order valence-electron chi connectivity index (χ3n) is 6.26. The molecule has 2 N–H and O–H groups in total. The largest absolute Gasteiger partial charge is 0.486 e. The van der Waals surface area contributed by atoms with E-state index in [1.54, 1.807) is 29.9 Å². The van der Waals surface area contributed by atoms with Crippen molar-refractivity contribution in [3.8, 4) is 28.5 Å². The fourth-order valence-electron chi connectivity index (χ4n) is 4.61. The van der Waals surface area contributed by atoms with Crippen molar-refractivity contribution < 1.29 is 4.74 Å². The van der Waals surface area contributed by atoms with Gasteiger partial charge in [0.25, 0.3) is 0 Å². The molecule has 0 amide bonds. The van der Waals surface area contributed by atoms with E-state index < -0.39 is 0 Å². The summed E-state index contributed by atoms with van der Waals surface area (Å²) in [5.74, 6) is 1.49. The fraction of sp³-hybridized carbons (Fsp3) is 0.321. The number of allylic oxidation sites excluding steroid dienone is 1. The van der Waals surface area contributed by atoms with Crippen molar-refractivity contribution in [3.63, 3.8) is 0 Å². The Morgan fingerprint density at radius 3 is 2.56 bits per heavy atom. The average molecular weight is 499 g/mol. The summed E-state index contributed by atoms with van der Waals surface area (Å²) in [6.45, 7) is 4.23. The number of benzene rings is 1. The summed E-state index contributed by atoms with van der Waals surface area (Å²) in [6.07, 6.45) is 17.4. The van der Waals surface area contributed by atoms with Crippen molar-refractivity contribution >= 4 is 16.5 Å². The first-order valence-electron chi connectivity index (χ1n) is 12.3. The highest BCUT2D eigenvalue weighted by atomic mass is 32.1. The van der Waals surface area contributed by atoms with Crippen LogP contribution in [0.2, 0.25) is 0 Å². The molecule has 36 heavy (non-hydrogen) atoms. The van der Waals surface area contributed by atoms with Gasteiger partial charge in [-0.2, -0.15) is 0 Å². The van der Waals surface area contributed by atoms with E-state index >= 15 is 0 Å². The number of nitrogens with zero attached hydrogens (tertiary/aromatic N) is 5. The van der Waals surface area contributed by atoms with E-state index in [1.165, 1.54) is 11.3 Å². The van der Waals surface area contributed by atoms with Gasteiger partial charge in [0.05, 0.1) is 11.9 Å². The van der Waals surface area contributed by atoms with Crippen LogP contribution < -0.4 is 10.5 Å². The van der Waals surface area contributed by atoms with Gasteiger partial charge in [-0.3, -0.25) is 4.98 Å². The fourth-order valence-corrected chi connectivity index (χ4v) is 5.34. The summed E-state index contributed by atoms with van der Waals surface area (Å²) in [5.41, 5.74) is 11.7. The van der Waals surface area contributed by atoms with Crippen LogP contribution in [0.25, 0.3) is 22.8 Å². The lowest BCUT2D eigenvalue weighted by Crippen LogP contribution is -2.15. The maximum atomic E-state index is 6.27. The number of nitrogens with two attached hydrogens (primary N) is 1. The Morgan fingerprint density at radius 1 is 1.00 bits per heavy atom. The number of rotatable bonds is 8. The molecule has 1 aliphatic rings. The van der Waals surface area contributed by atoms with Crippen molar-refractivity contribution in [2.45, 2.75) is 58.5 Å². The van der Waals surface area contributed by atoms with Crippen molar-refractivity contribution in [1.82, 2.24) is 24.9 Å². The predicted molar refractivity (Wildman–Crippen MR) is 144 cm³/mol. The lowest BCUT2D eigenvalue weighted by atomic mass is 9.98. The molecule has 0 aliphatic heterocycles. The van der Waals surface area contributed by atoms with Crippen LogP contribution in [0, 0.1) is 13.8 Å². The summed E-state index contributed by atoms with van der Waals surface area (Å²) in [6, 6.07) is 6.33. The molecule has 1 aromatic carbocycles. The summed E-state index contributed by atoms with van der Waals surface area (Å²) in [4.78, 5) is 23.8. The van der Waals surface area contributed by atoms with Gasteiger partial charge in [-0.05, 0) is 87.8 Å². The molecule has 4 aromatic rings. The normalized spacial score (nSPS) is 15.2. The van der Waals surface area contributed by atoms with Crippen LogP contribution in [0.5, 0.6) is 5.75 Å². The van der Waals surface area contributed by atoms with Crippen molar-refractivity contribution in [1.29, 1.82) is 0 Å². The molecule has 5 rings (SSSR count). The van der Waals surface area contributed by atoms with Gasteiger partial charge in [0.1, 0.15) is 17.5 Å². The van der Waals surface area contributed by atoms with E-state index in [0.29, 0.717) is 16.6 Å². The molecule has 0 saturated carbocycles. The van der Waals surface area contributed by atoms with Crippen LogP contribution in [-0.2, 0) is 12.8 Å². The lowest BCUT2D eigenvalue weighted by Gasteiger charge is -2.20. The number of ether oxygens (including phenoxy) is 1. The highest BCUT2D eigenvalue weighted by Crippen LogP contribution is 2.32. The maximum Gasteiger partial charge on any atom is 0.180 e. The number of hydrogen-bond acceptors (Lipinski definition) is 8. The second kappa shape index (κ2) is 11.0. The van der Waals surface area contributed by atoms with Gasteiger partial charge >= 0.3 is 0 Å². The molecule has 1 aliphatic carbocycles. The topological polar surface area (TPSA) is 99.7 Å². The summed E-state index contributed by atoms with van der Waals surface area (Å²) < 4.78 is 6.27. The van der Waals surface area contributed by atoms with E-state index in [0.717, 1.165) is 65.9 Å². The maximum absolute atomic E-state index is 6.27. The second-order valence-electron chi connectivity index (χ2n) is 9.12. The minimum absolute atomic E-state index is 0.145. The Morgan fingerprint density at radius 2 is 1.86 bits per heavy atom. The molecule has 184 valence electrons. The van der Waals surface area contributed by atoms with Gasteiger partial charge < -0.3 is 10.5 Å². The Hall–Kier alpha value is -3.65. The highest BCUT2D eigenvalue weighted by Gasteiger charge is 2.16. The molecule has 0 saturated heterocycles. The van der Waals surface area contributed by atoms with Gasteiger partial charge in [-0.1, -0.05) is 6.08 Å². The van der Waals surface area contributed by atoms with Gasteiger partial charge in [0, 0.05) is 34.7 Å². The molecule has 1 unspecified atom stereocenters. The molecule has 8 heteroatoms. The zero-order valence-corrected chi connectivity index (χ0v) is 21.5. The Kier molecular flexibility index (Phi) is 7.32. The lowest BCUT2D eigenvalue weighted by molar-refractivity contribution is 0.229. The molecular weight excluding hydrogens is 468 g/mol. The third-order valence-corrected chi connectivity index (χ3v) is 7.15. The van der Waals surface area contributed by atoms with Gasteiger partial charge in [0.15, 0.2) is 11.0 Å². The minimum atomic E-state index is 0.145. The summed E-state index contributed by atoms with van der Waals surface area (Å²) in [7, 11) is 0. The smallest absolute Gasteiger partial charge is 0.180 e.